The molecule has 0 aliphatic heterocycles. The lowest BCUT2D eigenvalue weighted by Crippen LogP contribution is -2.31. The molecule has 2 N–H and O–H groups in total. The minimum absolute atomic E-state index is 0.0226. The van der Waals surface area contributed by atoms with E-state index in [0.717, 1.165) is 12.1 Å². The van der Waals surface area contributed by atoms with Crippen LogP contribution in [0, 0.1) is 0 Å². The normalized spacial score (nSPS) is 11.8. The zero-order valence-corrected chi connectivity index (χ0v) is 11.7. The van der Waals surface area contributed by atoms with E-state index in [0.29, 0.717) is 6.54 Å². The lowest BCUT2D eigenvalue weighted by atomic mass is 10.0. The summed E-state index contributed by atoms with van der Waals surface area (Å²) in [6, 6.07) is 19.9. The van der Waals surface area contributed by atoms with Crippen LogP contribution in [0.3, 0.4) is 0 Å². The fourth-order valence-electron chi connectivity index (χ4n) is 2.13. The highest BCUT2D eigenvalue weighted by atomic mass is 16.1. The molecule has 1 unspecified atom stereocenters. The van der Waals surface area contributed by atoms with Crippen molar-refractivity contribution in [3.8, 4) is 0 Å². The molecule has 20 heavy (non-hydrogen) atoms. The molecule has 0 aromatic heterocycles. The number of benzene rings is 2. The standard InChI is InChI=1S/C17H20N2O/c1-2-16(14-9-5-3-6-10-14)18-13-17(20)19-15-11-7-4-8-12-15/h3-12,16,18H,2,13H2,1H3,(H,19,20). The van der Waals surface area contributed by atoms with Crippen LogP contribution in [-0.2, 0) is 4.79 Å². The fraction of sp³-hybridized carbons (Fsp3) is 0.235. The largest absolute Gasteiger partial charge is 0.325 e. The molecule has 2 aromatic rings. The average Bonchev–Trinajstić information content (AvgIpc) is 2.50. The molecular formula is C17H20N2O. The highest BCUT2D eigenvalue weighted by molar-refractivity contribution is 5.92. The van der Waals surface area contributed by atoms with Crippen LogP contribution < -0.4 is 10.6 Å². The first kappa shape index (κ1) is 14.3. The Morgan fingerprint density at radius 3 is 2.20 bits per heavy atom. The molecule has 0 aliphatic carbocycles. The van der Waals surface area contributed by atoms with Crippen molar-refractivity contribution in [2.45, 2.75) is 19.4 Å². The van der Waals surface area contributed by atoms with Crippen LogP contribution in [0.5, 0.6) is 0 Å². The lowest BCUT2D eigenvalue weighted by Gasteiger charge is -2.17. The number of nitrogens with one attached hydrogen (secondary N) is 2. The van der Waals surface area contributed by atoms with Crippen LogP contribution in [0.15, 0.2) is 60.7 Å². The average molecular weight is 268 g/mol. The van der Waals surface area contributed by atoms with Gasteiger partial charge < -0.3 is 10.6 Å². The van der Waals surface area contributed by atoms with Crippen molar-refractivity contribution in [1.82, 2.24) is 5.32 Å². The van der Waals surface area contributed by atoms with Gasteiger partial charge in [0.2, 0.25) is 5.91 Å². The van der Waals surface area contributed by atoms with Gasteiger partial charge in [-0.25, -0.2) is 0 Å². The summed E-state index contributed by atoms with van der Waals surface area (Å²) >= 11 is 0. The third kappa shape index (κ3) is 4.21. The Balaban J connectivity index is 1.86. The van der Waals surface area contributed by atoms with Gasteiger partial charge in [0.1, 0.15) is 0 Å². The van der Waals surface area contributed by atoms with Crippen LogP contribution in [-0.4, -0.2) is 12.5 Å². The van der Waals surface area contributed by atoms with Gasteiger partial charge in [0.15, 0.2) is 0 Å². The molecule has 0 fully saturated rings. The Hall–Kier alpha value is -2.13. The summed E-state index contributed by atoms with van der Waals surface area (Å²) in [5, 5.41) is 6.17. The molecule has 0 aliphatic rings. The number of anilines is 1. The van der Waals surface area contributed by atoms with Crippen molar-refractivity contribution < 1.29 is 4.79 Å². The predicted octanol–water partition coefficient (Wildman–Crippen LogP) is 3.37. The predicted molar refractivity (Wildman–Crippen MR) is 82.5 cm³/mol. The van der Waals surface area contributed by atoms with Gasteiger partial charge in [0.05, 0.1) is 6.54 Å². The molecule has 3 heteroatoms. The zero-order chi connectivity index (χ0) is 14.2. The van der Waals surface area contributed by atoms with E-state index in [9.17, 15) is 4.79 Å². The number of para-hydroxylation sites is 1. The summed E-state index contributed by atoms with van der Waals surface area (Å²) in [5.41, 5.74) is 2.04. The molecule has 0 radical (unpaired) electrons. The second kappa shape index (κ2) is 7.46. The first-order chi connectivity index (χ1) is 9.79. The van der Waals surface area contributed by atoms with Crippen molar-refractivity contribution in [1.29, 1.82) is 0 Å². The number of carbonyl (C=O) groups excluding carboxylic acids is 1. The van der Waals surface area contributed by atoms with Gasteiger partial charge in [-0.2, -0.15) is 0 Å². The van der Waals surface area contributed by atoms with Gasteiger partial charge in [0, 0.05) is 11.7 Å². The van der Waals surface area contributed by atoms with E-state index < -0.39 is 0 Å². The maximum Gasteiger partial charge on any atom is 0.238 e. The summed E-state index contributed by atoms with van der Waals surface area (Å²) < 4.78 is 0. The molecule has 1 atom stereocenters. The van der Waals surface area contributed by atoms with Gasteiger partial charge in [-0.1, -0.05) is 55.5 Å². The molecule has 0 heterocycles. The maximum atomic E-state index is 11.9. The van der Waals surface area contributed by atoms with Crippen molar-refractivity contribution in [3.63, 3.8) is 0 Å². The molecule has 0 saturated heterocycles. The number of carbonyl (C=O) groups is 1. The van der Waals surface area contributed by atoms with Crippen molar-refractivity contribution in [3.05, 3.63) is 66.2 Å². The summed E-state index contributed by atoms with van der Waals surface area (Å²) in [6.07, 6.45) is 0.947. The Kier molecular flexibility index (Phi) is 5.33. The molecule has 2 aromatic carbocycles. The van der Waals surface area contributed by atoms with Crippen LogP contribution in [0.2, 0.25) is 0 Å². The molecule has 104 valence electrons. The first-order valence-electron chi connectivity index (χ1n) is 6.93. The topological polar surface area (TPSA) is 41.1 Å². The molecule has 3 nitrogen and oxygen atoms in total. The first-order valence-corrected chi connectivity index (χ1v) is 6.93. The van der Waals surface area contributed by atoms with E-state index in [1.807, 2.05) is 48.5 Å². The van der Waals surface area contributed by atoms with E-state index >= 15 is 0 Å². The van der Waals surface area contributed by atoms with Crippen LogP contribution in [0.25, 0.3) is 0 Å². The van der Waals surface area contributed by atoms with Gasteiger partial charge in [-0.05, 0) is 24.1 Å². The minimum atomic E-state index is -0.0226. The van der Waals surface area contributed by atoms with E-state index in [2.05, 4.69) is 29.7 Å². The summed E-state index contributed by atoms with van der Waals surface area (Å²) in [4.78, 5) is 11.9. The van der Waals surface area contributed by atoms with E-state index in [-0.39, 0.29) is 11.9 Å². The Morgan fingerprint density at radius 2 is 1.60 bits per heavy atom. The third-order valence-corrected chi connectivity index (χ3v) is 3.18. The van der Waals surface area contributed by atoms with Crippen molar-refractivity contribution in [2.24, 2.45) is 0 Å². The quantitative estimate of drug-likeness (QED) is 0.843. The number of rotatable bonds is 6. The van der Waals surface area contributed by atoms with Crippen molar-refractivity contribution in [2.75, 3.05) is 11.9 Å². The fourth-order valence-corrected chi connectivity index (χ4v) is 2.13. The van der Waals surface area contributed by atoms with Gasteiger partial charge >= 0.3 is 0 Å². The number of amides is 1. The van der Waals surface area contributed by atoms with Gasteiger partial charge in [-0.3, -0.25) is 4.79 Å². The summed E-state index contributed by atoms with van der Waals surface area (Å²) in [5.74, 6) is -0.0226. The number of hydrogen-bond acceptors (Lipinski definition) is 2. The van der Waals surface area contributed by atoms with Crippen LogP contribution in [0.1, 0.15) is 24.9 Å². The van der Waals surface area contributed by atoms with Gasteiger partial charge in [0.25, 0.3) is 0 Å². The summed E-state index contributed by atoms with van der Waals surface area (Å²) in [6.45, 7) is 2.42. The molecule has 2 rings (SSSR count). The highest BCUT2D eigenvalue weighted by Crippen LogP contribution is 2.15. The second-order valence-corrected chi connectivity index (χ2v) is 4.67. The monoisotopic (exact) mass is 268 g/mol. The van der Waals surface area contributed by atoms with Crippen LogP contribution in [0.4, 0.5) is 5.69 Å². The van der Waals surface area contributed by atoms with Gasteiger partial charge in [-0.15, -0.1) is 0 Å². The Bertz CT molecular complexity index is 525. The molecular weight excluding hydrogens is 248 g/mol. The maximum absolute atomic E-state index is 11.9. The summed E-state index contributed by atoms with van der Waals surface area (Å²) in [7, 11) is 0. The number of hydrogen-bond donors (Lipinski definition) is 2. The molecule has 1 amide bonds. The van der Waals surface area contributed by atoms with Crippen molar-refractivity contribution >= 4 is 11.6 Å². The van der Waals surface area contributed by atoms with E-state index in [1.54, 1.807) is 0 Å². The molecule has 0 saturated carbocycles. The van der Waals surface area contributed by atoms with E-state index in [4.69, 9.17) is 0 Å². The van der Waals surface area contributed by atoms with Crippen LogP contribution >= 0.6 is 0 Å². The molecule has 0 spiro atoms. The Morgan fingerprint density at radius 1 is 1.00 bits per heavy atom. The zero-order valence-electron chi connectivity index (χ0n) is 11.7. The Labute approximate surface area is 120 Å². The smallest absolute Gasteiger partial charge is 0.238 e. The second-order valence-electron chi connectivity index (χ2n) is 4.67. The molecule has 0 bridgehead atoms. The highest BCUT2D eigenvalue weighted by Gasteiger charge is 2.10. The lowest BCUT2D eigenvalue weighted by molar-refractivity contribution is -0.115. The SMILES string of the molecule is CCC(NCC(=O)Nc1ccccc1)c1ccccc1. The van der Waals surface area contributed by atoms with E-state index in [1.165, 1.54) is 5.56 Å². The third-order valence-electron chi connectivity index (χ3n) is 3.18. The minimum Gasteiger partial charge on any atom is -0.325 e.